The molecule has 1 aromatic heterocycles. The number of allylic oxidation sites excluding steroid dienone is 1. The largest absolute Gasteiger partial charge is 0.459 e. The first-order valence-electron chi connectivity index (χ1n) is 8.75. The third-order valence-corrected chi connectivity index (χ3v) is 4.88. The van der Waals surface area contributed by atoms with Crippen LogP contribution >= 0.6 is 0 Å². The third-order valence-electron chi connectivity index (χ3n) is 4.88. The van der Waals surface area contributed by atoms with E-state index >= 15 is 0 Å². The van der Waals surface area contributed by atoms with Crippen molar-refractivity contribution in [3.05, 3.63) is 47.2 Å². The maximum Gasteiger partial charge on any atom is 0.338 e. The number of benzene rings is 1. The fourth-order valence-corrected chi connectivity index (χ4v) is 3.62. The van der Waals surface area contributed by atoms with Gasteiger partial charge >= 0.3 is 5.97 Å². The number of carbonyl (C=O) groups excluding carboxylic acids is 1. The number of ether oxygens (including phenoxy) is 1. The lowest BCUT2D eigenvalue weighted by atomic mass is 9.95. The fourth-order valence-electron chi connectivity index (χ4n) is 3.62. The Morgan fingerprint density at radius 3 is 2.72 bits per heavy atom. The van der Waals surface area contributed by atoms with Crippen molar-refractivity contribution < 1.29 is 9.53 Å². The second-order valence-electron chi connectivity index (χ2n) is 6.59. The van der Waals surface area contributed by atoms with Gasteiger partial charge in [-0.1, -0.05) is 41.9 Å². The van der Waals surface area contributed by atoms with E-state index in [0.717, 1.165) is 36.9 Å². The van der Waals surface area contributed by atoms with Crippen molar-refractivity contribution in [1.82, 2.24) is 20.2 Å². The van der Waals surface area contributed by atoms with Crippen LogP contribution in [0.15, 0.2) is 41.6 Å². The summed E-state index contributed by atoms with van der Waals surface area (Å²) in [7, 11) is 0. The summed E-state index contributed by atoms with van der Waals surface area (Å²) >= 11 is 0. The molecule has 130 valence electrons. The molecule has 2 aliphatic rings. The monoisotopic (exact) mass is 339 g/mol. The smallest absolute Gasteiger partial charge is 0.338 e. The predicted octanol–water partition coefficient (Wildman–Crippen LogP) is 2.84. The summed E-state index contributed by atoms with van der Waals surface area (Å²) in [6.07, 6.45) is 5.35. The Morgan fingerprint density at radius 1 is 1.20 bits per heavy atom. The molecule has 0 saturated heterocycles. The van der Waals surface area contributed by atoms with E-state index in [1.54, 1.807) is 4.68 Å². The van der Waals surface area contributed by atoms with Crippen molar-refractivity contribution in [2.75, 3.05) is 5.32 Å². The lowest BCUT2D eigenvalue weighted by molar-refractivity contribution is -0.146. The molecule has 0 spiro atoms. The Balaban J connectivity index is 1.69. The number of nitrogens with zero attached hydrogens (tertiary/aromatic N) is 4. The highest BCUT2D eigenvalue weighted by Crippen LogP contribution is 2.35. The zero-order chi connectivity index (χ0) is 17.2. The third kappa shape index (κ3) is 3.01. The van der Waals surface area contributed by atoms with E-state index in [4.69, 9.17) is 4.74 Å². The van der Waals surface area contributed by atoms with Gasteiger partial charge in [0, 0.05) is 5.70 Å². The van der Waals surface area contributed by atoms with Gasteiger partial charge in [0.05, 0.1) is 5.57 Å². The van der Waals surface area contributed by atoms with Crippen LogP contribution in [-0.2, 0) is 9.53 Å². The molecule has 4 rings (SSSR count). The van der Waals surface area contributed by atoms with E-state index in [1.807, 2.05) is 37.3 Å². The molecule has 25 heavy (non-hydrogen) atoms. The first kappa shape index (κ1) is 15.8. The number of aromatic nitrogens is 4. The number of rotatable bonds is 3. The molecule has 1 aromatic carbocycles. The first-order chi connectivity index (χ1) is 12.2. The quantitative estimate of drug-likeness (QED) is 0.866. The van der Waals surface area contributed by atoms with Crippen molar-refractivity contribution in [1.29, 1.82) is 0 Å². The van der Waals surface area contributed by atoms with Gasteiger partial charge in [-0.05, 0) is 48.6 Å². The van der Waals surface area contributed by atoms with Gasteiger partial charge in [0.25, 0.3) is 0 Å². The highest BCUT2D eigenvalue weighted by Gasteiger charge is 2.35. The minimum absolute atomic E-state index is 0.00763. The van der Waals surface area contributed by atoms with Crippen LogP contribution in [-0.4, -0.2) is 32.3 Å². The molecule has 2 aromatic rings. The number of hydrogen-bond acceptors (Lipinski definition) is 6. The summed E-state index contributed by atoms with van der Waals surface area (Å²) < 4.78 is 7.46. The van der Waals surface area contributed by atoms with Gasteiger partial charge in [-0.15, -0.1) is 0 Å². The zero-order valence-corrected chi connectivity index (χ0v) is 14.2. The lowest BCUT2D eigenvalue weighted by Gasteiger charge is -2.29. The summed E-state index contributed by atoms with van der Waals surface area (Å²) in [5, 5.41) is 14.9. The van der Waals surface area contributed by atoms with Crippen LogP contribution < -0.4 is 5.32 Å². The molecule has 1 aliphatic heterocycles. The Kier molecular flexibility index (Phi) is 4.21. The molecular formula is C18H21N5O2. The molecule has 1 unspecified atom stereocenters. The van der Waals surface area contributed by atoms with Gasteiger partial charge in [0.15, 0.2) is 0 Å². The number of nitrogens with one attached hydrogen (secondary N) is 1. The summed E-state index contributed by atoms with van der Waals surface area (Å²) in [5.41, 5.74) is 2.25. The molecule has 0 radical (unpaired) electrons. The Morgan fingerprint density at radius 2 is 1.96 bits per heavy atom. The molecule has 2 heterocycles. The first-order valence-corrected chi connectivity index (χ1v) is 8.75. The topological polar surface area (TPSA) is 81.9 Å². The highest BCUT2D eigenvalue weighted by molar-refractivity contribution is 5.92. The van der Waals surface area contributed by atoms with Gasteiger partial charge < -0.3 is 10.1 Å². The van der Waals surface area contributed by atoms with E-state index < -0.39 is 0 Å². The van der Waals surface area contributed by atoms with Gasteiger partial charge in [-0.25, -0.2) is 4.79 Å². The zero-order valence-electron chi connectivity index (χ0n) is 14.2. The van der Waals surface area contributed by atoms with Crippen molar-refractivity contribution in [3.63, 3.8) is 0 Å². The summed E-state index contributed by atoms with van der Waals surface area (Å²) in [6, 6.07) is 9.40. The van der Waals surface area contributed by atoms with Gasteiger partial charge in [0.2, 0.25) is 5.95 Å². The van der Waals surface area contributed by atoms with Crippen LogP contribution in [0.5, 0.6) is 0 Å². The van der Waals surface area contributed by atoms with Crippen molar-refractivity contribution >= 4 is 11.9 Å². The second kappa shape index (κ2) is 6.66. The summed E-state index contributed by atoms with van der Waals surface area (Å²) in [4.78, 5) is 13.0. The summed E-state index contributed by atoms with van der Waals surface area (Å²) in [5.74, 6) is 0.243. The number of anilines is 1. The molecule has 1 saturated carbocycles. The standard InChI is InChI=1S/C18H21N5O2/c1-12-15(17(24)25-14-10-6-3-7-11-14)16(13-8-4-2-5-9-13)23-18(19-12)20-21-22-23/h2,4-5,8-9,14,16H,3,6-7,10-11H2,1H3,(H,19,20,22). The molecule has 1 N–H and O–H groups in total. The van der Waals surface area contributed by atoms with E-state index in [1.165, 1.54) is 6.42 Å². The predicted molar refractivity (Wildman–Crippen MR) is 91.7 cm³/mol. The average Bonchev–Trinajstić information content (AvgIpc) is 3.10. The van der Waals surface area contributed by atoms with Gasteiger partial charge in [0.1, 0.15) is 12.1 Å². The fraction of sp³-hybridized carbons (Fsp3) is 0.444. The van der Waals surface area contributed by atoms with Crippen LogP contribution in [0.1, 0.15) is 50.6 Å². The second-order valence-corrected chi connectivity index (χ2v) is 6.59. The molecule has 0 amide bonds. The van der Waals surface area contributed by atoms with Crippen molar-refractivity contribution in [2.24, 2.45) is 0 Å². The molecule has 1 fully saturated rings. The Bertz CT molecular complexity index is 793. The van der Waals surface area contributed by atoms with Gasteiger partial charge in [-0.3, -0.25) is 0 Å². The number of fused-ring (bicyclic) bond motifs is 1. The lowest BCUT2D eigenvalue weighted by Crippen LogP contribution is -2.32. The van der Waals surface area contributed by atoms with E-state index in [-0.39, 0.29) is 18.1 Å². The van der Waals surface area contributed by atoms with Crippen LogP contribution in [0.4, 0.5) is 5.95 Å². The van der Waals surface area contributed by atoms with Crippen LogP contribution in [0.3, 0.4) is 0 Å². The average molecular weight is 339 g/mol. The number of esters is 1. The van der Waals surface area contributed by atoms with Crippen LogP contribution in [0.2, 0.25) is 0 Å². The molecule has 7 nitrogen and oxygen atoms in total. The molecule has 1 atom stereocenters. The Labute approximate surface area is 146 Å². The molecular weight excluding hydrogens is 318 g/mol. The minimum Gasteiger partial charge on any atom is -0.459 e. The highest BCUT2D eigenvalue weighted by atomic mass is 16.5. The van der Waals surface area contributed by atoms with Crippen LogP contribution in [0, 0.1) is 0 Å². The Hall–Kier alpha value is -2.70. The van der Waals surface area contributed by atoms with Crippen LogP contribution in [0.25, 0.3) is 0 Å². The van der Waals surface area contributed by atoms with Crippen molar-refractivity contribution in [2.45, 2.75) is 51.2 Å². The normalized spacial score (nSPS) is 20.8. The molecule has 7 heteroatoms. The van der Waals surface area contributed by atoms with Crippen molar-refractivity contribution in [3.8, 4) is 0 Å². The minimum atomic E-state index is -0.386. The summed E-state index contributed by atoms with van der Waals surface area (Å²) in [6.45, 7) is 1.87. The number of tetrazole rings is 1. The molecule has 1 aliphatic carbocycles. The number of hydrogen-bond donors (Lipinski definition) is 1. The maximum atomic E-state index is 13.0. The SMILES string of the molecule is CC1=C(C(=O)OC2CCCCC2)C(c2ccccc2)n2nnnc2N1. The van der Waals surface area contributed by atoms with Gasteiger partial charge in [-0.2, -0.15) is 4.68 Å². The van der Waals surface area contributed by atoms with E-state index in [0.29, 0.717) is 11.5 Å². The molecule has 0 bridgehead atoms. The maximum absolute atomic E-state index is 13.0. The van der Waals surface area contributed by atoms with E-state index in [9.17, 15) is 4.79 Å². The van der Waals surface area contributed by atoms with E-state index in [2.05, 4.69) is 20.8 Å². The number of carbonyl (C=O) groups is 1.